The van der Waals surface area contributed by atoms with Crippen molar-refractivity contribution in [1.29, 1.82) is 0 Å². The highest BCUT2D eigenvalue weighted by Gasteiger charge is 2.46. The summed E-state index contributed by atoms with van der Waals surface area (Å²) in [5, 5.41) is 0. The first-order valence-corrected chi connectivity index (χ1v) is 21.9. The van der Waals surface area contributed by atoms with E-state index in [-0.39, 0.29) is 16.2 Å². The summed E-state index contributed by atoms with van der Waals surface area (Å²) in [5.41, 5.74) is 21.4. The van der Waals surface area contributed by atoms with Gasteiger partial charge in [-0.1, -0.05) is 207 Å². The van der Waals surface area contributed by atoms with Gasteiger partial charge in [0, 0.05) is 22.5 Å². The van der Waals surface area contributed by atoms with Crippen LogP contribution in [0.2, 0.25) is 0 Å². The van der Waals surface area contributed by atoms with E-state index >= 15 is 0 Å². The Balaban J connectivity index is 1.17. The Morgan fingerprint density at radius 3 is 1.44 bits per heavy atom. The van der Waals surface area contributed by atoms with E-state index in [9.17, 15) is 0 Å². The second-order valence-corrected chi connectivity index (χ2v) is 19.8. The third-order valence-corrected chi connectivity index (χ3v) is 13.6. The minimum Gasteiger partial charge on any atom is -0.310 e. The number of benzene rings is 8. The molecule has 8 aromatic carbocycles. The van der Waals surface area contributed by atoms with Gasteiger partial charge in [0.05, 0.1) is 5.41 Å². The topological polar surface area (TPSA) is 3.24 Å². The molecule has 0 N–H and O–H groups in total. The molecule has 0 heterocycles. The summed E-state index contributed by atoms with van der Waals surface area (Å²) in [6.45, 7) is 19.0. The third-order valence-electron chi connectivity index (χ3n) is 13.6. The van der Waals surface area contributed by atoms with Crippen molar-refractivity contribution in [2.75, 3.05) is 4.90 Å². The van der Waals surface area contributed by atoms with E-state index in [1.54, 1.807) is 0 Å². The van der Waals surface area contributed by atoms with Crippen molar-refractivity contribution in [1.82, 2.24) is 0 Å². The first-order chi connectivity index (χ1) is 29.3. The zero-order chi connectivity index (χ0) is 42.3. The molecule has 0 fully saturated rings. The number of hydrogen-bond acceptors (Lipinski definition) is 1. The van der Waals surface area contributed by atoms with Gasteiger partial charge in [-0.05, 0) is 125 Å². The first-order valence-electron chi connectivity index (χ1n) is 21.9. The molecule has 0 amide bonds. The Kier molecular flexibility index (Phi) is 8.93. The van der Waals surface area contributed by atoms with Crippen molar-refractivity contribution in [2.45, 2.75) is 77.0 Å². The Labute approximate surface area is 363 Å². The molecule has 2 aliphatic rings. The predicted octanol–water partition coefficient (Wildman–Crippen LogP) is 16.1. The monoisotopic (exact) mass is 789 g/mol. The molecule has 0 unspecified atom stereocenters. The number of rotatable bonds is 6. The lowest BCUT2D eigenvalue weighted by atomic mass is 9.68. The summed E-state index contributed by atoms with van der Waals surface area (Å²) in [4.78, 5) is 2.45. The van der Waals surface area contributed by atoms with Crippen LogP contribution in [0.25, 0.3) is 33.4 Å². The van der Waals surface area contributed by atoms with Crippen LogP contribution in [0.15, 0.2) is 188 Å². The maximum atomic E-state index is 2.50. The molecule has 0 atom stereocenters. The van der Waals surface area contributed by atoms with Crippen LogP contribution in [0.4, 0.5) is 17.1 Å². The van der Waals surface area contributed by atoms with E-state index < -0.39 is 5.41 Å². The van der Waals surface area contributed by atoms with Crippen LogP contribution in [0.5, 0.6) is 0 Å². The molecule has 8 aromatic rings. The van der Waals surface area contributed by atoms with Gasteiger partial charge in [0.15, 0.2) is 0 Å². The largest absolute Gasteiger partial charge is 0.310 e. The molecular weight excluding hydrogens is 735 g/mol. The van der Waals surface area contributed by atoms with Crippen LogP contribution in [0.3, 0.4) is 0 Å². The molecule has 10 rings (SSSR count). The molecule has 0 saturated heterocycles. The predicted molar refractivity (Wildman–Crippen MR) is 259 cm³/mol. The van der Waals surface area contributed by atoms with Gasteiger partial charge in [-0.15, -0.1) is 0 Å². The second kappa shape index (κ2) is 14.1. The summed E-state index contributed by atoms with van der Waals surface area (Å²) in [5.74, 6) is 0. The van der Waals surface area contributed by atoms with Gasteiger partial charge in [-0.2, -0.15) is 0 Å². The molecule has 0 radical (unpaired) electrons. The molecule has 0 saturated carbocycles. The van der Waals surface area contributed by atoms with Crippen LogP contribution in [-0.2, 0) is 21.7 Å². The van der Waals surface area contributed by atoms with E-state index in [0.29, 0.717) is 0 Å². The van der Waals surface area contributed by atoms with Crippen molar-refractivity contribution >= 4 is 17.1 Å². The lowest BCUT2D eigenvalue weighted by Gasteiger charge is -2.34. The van der Waals surface area contributed by atoms with Gasteiger partial charge in [0.2, 0.25) is 0 Å². The number of anilines is 3. The highest BCUT2D eigenvalue weighted by Crippen LogP contribution is 2.57. The van der Waals surface area contributed by atoms with E-state index in [0.717, 1.165) is 17.1 Å². The summed E-state index contributed by atoms with van der Waals surface area (Å²) >= 11 is 0. The summed E-state index contributed by atoms with van der Waals surface area (Å²) in [6.07, 6.45) is 0. The van der Waals surface area contributed by atoms with Gasteiger partial charge in [0.1, 0.15) is 0 Å². The summed E-state index contributed by atoms with van der Waals surface area (Å²) < 4.78 is 0. The molecule has 1 heteroatoms. The van der Waals surface area contributed by atoms with Crippen LogP contribution in [0, 0.1) is 0 Å². The Hall–Kier alpha value is -6.44. The van der Waals surface area contributed by atoms with Gasteiger partial charge < -0.3 is 4.90 Å². The van der Waals surface area contributed by atoms with Crippen LogP contribution < -0.4 is 4.90 Å². The van der Waals surface area contributed by atoms with Crippen LogP contribution in [-0.4, -0.2) is 0 Å². The smallest absolute Gasteiger partial charge is 0.0713 e. The van der Waals surface area contributed by atoms with Crippen molar-refractivity contribution in [2.24, 2.45) is 0 Å². The maximum absolute atomic E-state index is 2.50. The fraction of sp³-hybridized carbons (Fsp3) is 0.200. The molecular formula is C60H55N. The number of hydrogen-bond donors (Lipinski definition) is 0. The molecule has 1 nitrogen and oxygen atoms in total. The molecule has 2 aliphatic carbocycles. The first kappa shape index (κ1) is 38.7. The minimum absolute atomic E-state index is 0.000769. The molecule has 0 aliphatic heterocycles. The van der Waals surface area contributed by atoms with E-state index in [4.69, 9.17) is 0 Å². The zero-order valence-corrected chi connectivity index (χ0v) is 36.8. The van der Waals surface area contributed by atoms with E-state index in [1.807, 2.05) is 0 Å². The fourth-order valence-electron chi connectivity index (χ4n) is 10.6. The van der Waals surface area contributed by atoms with Crippen molar-refractivity contribution in [3.05, 3.63) is 233 Å². The Morgan fingerprint density at radius 1 is 0.377 bits per heavy atom. The number of fused-ring (bicyclic) bond motifs is 6. The van der Waals surface area contributed by atoms with Crippen LogP contribution in [0.1, 0.15) is 99.9 Å². The molecule has 0 bridgehead atoms. The molecule has 0 spiro atoms. The summed E-state index contributed by atoms with van der Waals surface area (Å²) in [7, 11) is 0. The maximum Gasteiger partial charge on any atom is 0.0713 e. The van der Waals surface area contributed by atoms with Crippen molar-refractivity contribution < 1.29 is 0 Å². The average molecular weight is 790 g/mol. The van der Waals surface area contributed by atoms with E-state index in [2.05, 4.69) is 248 Å². The van der Waals surface area contributed by atoms with Gasteiger partial charge in [0.25, 0.3) is 0 Å². The lowest BCUT2D eigenvalue weighted by Crippen LogP contribution is -2.28. The normalized spacial score (nSPS) is 14.5. The highest BCUT2D eigenvalue weighted by molar-refractivity contribution is 5.90. The fourth-order valence-corrected chi connectivity index (χ4v) is 10.6. The Morgan fingerprint density at radius 2 is 0.869 bits per heavy atom. The average Bonchev–Trinajstić information content (AvgIpc) is 3.69. The highest BCUT2D eigenvalue weighted by atomic mass is 15.1. The molecule has 61 heavy (non-hydrogen) atoms. The standard InChI is InChI=1S/C60H55N/c1-57(2,3)44-37-51-50-39-47(35-36-52(50)59(7,8)56(51)55(38-44)58(4,5)6)61(45-31-27-41(28-32-45)40-19-11-9-12-20-40)46-33-29-43(30-34-46)60(42-21-13-10-14-22-42)53-25-17-15-23-48(53)49-24-16-18-26-54(49)60/h9-39H,1-8H3. The number of nitrogens with zero attached hydrogens (tertiary/aromatic N) is 1. The Bertz CT molecular complexity index is 2870. The minimum atomic E-state index is -0.451. The van der Waals surface area contributed by atoms with E-state index in [1.165, 1.54) is 77.9 Å². The second-order valence-electron chi connectivity index (χ2n) is 19.8. The summed E-state index contributed by atoms with van der Waals surface area (Å²) in [6, 6.07) is 70.5. The zero-order valence-electron chi connectivity index (χ0n) is 36.8. The van der Waals surface area contributed by atoms with Crippen molar-refractivity contribution in [3.8, 4) is 33.4 Å². The quantitative estimate of drug-likeness (QED) is 0.162. The van der Waals surface area contributed by atoms with Gasteiger partial charge in [-0.25, -0.2) is 0 Å². The molecule has 300 valence electrons. The van der Waals surface area contributed by atoms with Gasteiger partial charge >= 0.3 is 0 Å². The van der Waals surface area contributed by atoms with Gasteiger partial charge in [-0.3, -0.25) is 0 Å². The third kappa shape index (κ3) is 6.12. The van der Waals surface area contributed by atoms with Crippen molar-refractivity contribution in [3.63, 3.8) is 0 Å². The van der Waals surface area contributed by atoms with Crippen LogP contribution >= 0.6 is 0 Å². The SMILES string of the molecule is CC(C)(C)c1cc2c(c(C(C)(C)C)c1)C(C)(C)c1ccc(N(c3ccc(-c4ccccc4)cc3)c3ccc(C4(c5ccccc5)c5ccccc5-c5ccccc54)cc3)cc1-2. The lowest BCUT2D eigenvalue weighted by molar-refractivity contribution is 0.545. The molecule has 0 aromatic heterocycles.